The van der Waals surface area contributed by atoms with Crippen molar-refractivity contribution in [1.82, 2.24) is 0 Å². The normalized spacial score (nSPS) is 11.9. The number of carbonyl (C=O) groups is 1. The molecule has 4 heteroatoms. The standard InChI is InChI=1S/C15H17NO2S/c1-10-6-4-5-7-12(10)16-13(15(17)18-3)14-11(2)8-9-19-14/h4-9,13,16H,1-3H3. The number of nitrogens with one attached hydrogen (secondary N) is 1. The number of para-hydroxylation sites is 1. The maximum absolute atomic E-state index is 12.0. The first-order valence-electron chi connectivity index (χ1n) is 6.07. The Hall–Kier alpha value is -1.81. The molecule has 0 amide bonds. The maximum atomic E-state index is 12.0. The van der Waals surface area contributed by atoms with Gasteiger partial charge in [0.2, 0.25) is 0 Å². The lowest BCUT2D eigenvalue weighted by Gasteiger charge is -2.18. The molecule has 1 heterocycles. The monoisotopic (exact) mass is 275 g/mol. The summed E-state index contributed by atoms with van der Waals surface area (Å²) < 4.78 is 4.91. The lowest BCUT2D eigenvalue weighted by Crippen LogP contribution is -2.22. The predicted molar refractivity (Wildman–Crippen MR) is 78.6 cm³/mol. The molecule has 100 valence electrons. The first kappa shape index (κ1) is 13.6. The molecule has 0 spiro atoms. The van der Waals surface area contributed by atoms with Crippen LogP contribution in [-0.2, 0) is 9.53 Å². The number of esters is 1. The van der Waals surface area contributed by atoms with E-state index in [0.29, 0.717) is 0 Å². The summed E-state index contributed by atoms with van der Waals surface area (Å²) in [5, 5.41) is 5.26. The fraction of sp³-hybridized carbons (Fsp3) is 0.267. The van der Waals surface area contributed by atoms with Gasteiger partial charge in [-0.3, -0.25) is 0 Å². The number of anilines is 1. The van der Waals surface area contributed by atoms with Crippen molar-refractivity contribution in [2.24, 2.45) is 0 Å². The first-order chi connectivity index (χ1) is 9.13. The Morgan fingerprint density at radius 2 is 1.95 bits per heavy atom. The van der Waals surface area contributed by atoms with Gasteiger partial charge in [-0.1, -0.05) is 18.2 Å². The second kappa shape index (κ2) is 5.89. The molecule has 2 rings (SSSR count). The lowest BCUT2D eigenvalue weighted by atomic mass is 10.1. The van der Waals surface area contributed by atoms with Gasteiger partial charge >= 0.3 is 5.97 Å². The first-order valence-corrected chi connectivity index (χ1v) is 6.95. The average molecular weight is 275 g/mol. The Morgan fingerprint density at radius 1 is 1.21 bits per heavy atom. The summed E-state index contributed by atoms with van der Waals surface area (Å²) >= 11 is 1.56. The molecule has 1 N–H and O–H groups in total. The highest BCUT2D eigenvalue weighted by atomic mass is 32.1. The molecule has 2 aromatic rings. The second-order valence-electron chi connectivity index (χ2n) is 4.38. The molecular weight excluding hydrogens is 258 g/mol. The third-order valence-corrected chi connectivity index (χ3v) is 4.13. The Morgan fingerprint density at radius 3 is 2.53 bits per heavy atom. The molecule has 1 unspecified atom stereocenters. The highest BCUT2D eigenvalue weighted by Gasteiger charge is 2.24. The van der Waals surface area contributed by atoms with E-state index in [1.165, 1.54) is 7.11 Å². The van der Waals surface area contributed by atoms with Crippen molar-refractivity contribution in [3.8, 4) is 0 Å². The fourth-order valence-corrected chi connectivity index (χ4v) is 2.88. The molecule has 0 aliphatic rings. The molecule has 0 aliphatic carbocycles. The molecule has 1 aromatic heterocycles. The minimum absolute atomic E-state index is 0.270. The van der Waals surface area contributed by atoms with Crippen LogP contribution in [0.15, 0.2) is 35.7 Å². The van der Waals surface area contributed by atoms with Crippen molar-refractivity contribution >= 4 is 23.0 Å². The summed E-state index contributed by atoms with van der Waals surface area (Å²) in [5.41, 5.74) is 3.15. The Balaban J connectivity index is 2.33. The Kier molecular flexibility index (Phi) is 4.22. The van der Waals surface area contributed by atoms with E-state index in [4.69, 9.17) is 4.74 Å². The van der Waals surface area contributed by atoms with E-state index in [1.807, 2.05) is 49.6 Å². The van der Waals surface area contributed by atoms with E-state index in [2.05, 4.69) is 5.32 Å². The second-order valence-corrected chi connectivity index (χ2v) is 5.33. The van der Waals surface area contributed by atoms with Gasteiger partial charge in [0, 0.05) is 10.6 Å². The van der Waals surface area contributed by atoms with Crippen molar-refractivity contribution in [2.45, 2.75) is 19.9 Å². The number of rotatable bonds is 4. The molecule has 0 fully saturated rings. The summed E-state index contributed by atoms with van der Waals surface area (Å²) in [7, 11) is 1.41. The Labute approximate surface area is 117 Å². The van der Waals surface area contributed by atoms with Gasteiger partial charge in [-0.2, -0.15) is 0 Å². The van der Waals surface area contributed by atoms with E-state index in [-0.39, 0.29) is 5.97 Å². The molecule has 19 heavy (non-hydrogen) atoms. The van der Waals surface area contributed by atoms with Crippen molar-refractivity contribution in [1.29, 1.82) is 0 Å². The van der Waals surface area contributed by atoms with Crippen LogP contribution in [0.4, 0.5) is 5.69 Å². The number of hydrogen-bond donors (Lipinski definition) is 1. The molecule has 1 atom stereocenters. The molecular formula is C15H17NO2S. The van der Waals surface area contributed by atoms with Gasteiger partial charge in [0.1, 0.15) is 0 Å². The minimum Gasteiger partial charge on any atom is -0.467 e. The number of carbonyl (C=O) groups excluding carboxylic acids is 1. The van der Waals surface area contributed by atoms with Gasteiger partial charge in [-0.25, -0.2) is 4.79 Å². The van der Waals surface area contributed by atoms with E-state index in [9.17, 15) is 4.79 Å². The topological polar surface area (TPSA) is 38.3 Å². The number of thiophene rings is 1. The lowest BCUT2D eigenvalue weighted by molar-refractivity contribution is -0.141. The van der Waals surface area contributed by atoms with E-state index < -0.39 is 6.04 Å². The van der Waals surface area contributed by atoms with Crippen LogP contribution in [0, 0.1) is 13.8 Å². The quantitative estimate of drug-likeness (QED) is 0.865. The van der Waals surface area contributed by atoms with Gasteiger partial charge in [0.25, 0.3) is 0 Å². The molecule has 0 saturated carbocycles. The zero-order valence-corrected chi connectivity index (χ0v) is 12.1. The molecule has 0 bridgehead atoms. The number of benzene rings is 1. The molecule has 1 aromatic carbocycles. The van der Waals surface area contributed by atoms with Crippen LogP contribution in [0.1, 0.15) is 22.0 Å². The van der Waals surface area contributed by atoms with Crippen molar-refractivity contribution < 1.29 is 9.53 Å². The molecule has 3 nitrogen and oxygen atoms in total. The number of methoxy groups -OCH3 is 1. The molecule has 0 aliphatic heterocycles. The van der Waals surface area contributed by atoms with Gasteiger partial charge in [0.15, 0.2) is 6.04 Å². The van der Waals surface area contributed by atoms with Gasteiger partial charge < -0.3 is 10.1 Å². The minimum atomic E-state index is -0.453. The maximum Gasteiger partial charge on any atom is 0.333 e. The average Bonchev–Trinajstić information content (AvgIpc) is 2.83. The zero-order chi connectivity index (χ0) is 13.8. The highest BCUT2D eigenvalue weighted by Crippen LogP contribution is 2.29. The summed E-state index contributed by atoms with van der Waals surface area (Å²) in [6, 6.07) is 9.46. The smallest absolute Gasteiger partial charge is 0.333 e. The van der Waals surface area contributed by atoms with E-state index in [0.717, 1.165) is 21.7 Å². The van der Waals surface area contributed by atoms with Crippen LogP contribution >= 0.6 is 11.3 Å². The molecule has 0 saturated heterocycles. The summed E-state index contributed by atoms with van der Waals surface area (Å²) in [5.74, 6) is -0.270. The molecule has 0 radical (unpaired) electrons. The summed E-state index contributed by atoms with van der Waals surface area (Å²) in [6.07, 6.45) is 0. The van der Waals surface area contributed by atoms with Crippen LogP contribution < -0.4 is 5.32 Å². The van der Waals surface area contributed by atoms with Crippen molar-refractivity contribution in [2.75, 3.05) is 12.4 Å². The van der Waals surface area contributed by atoms with Crippen molar-refractivity contribution in [3.63, 3.8) is 0 Å². The van der Waals surface area contributed by atoms with E-state index >= 15 is 0 Å². The summed E-state index contributed by atoms with van der Waals surface area (Å²) in [4.78, 5) is 13.0. The highest BCUT2D eigenvalue weighted by molar-refractivity contribution is 7.10. The van der Waals surface area contributed by atoms with Gasteiger partial charge in [-0.05, 0) is 42.5 Å². The zero-order valence-electron chi connectivity index (χ0n) is 11.3. The van der Waals surface area contributed by atoms with Crippen LogP contribution in [0.25, 0.3) is 0 Å². The predicted octanol–water partition coefficient (Wildman–Crippen LogP) is 3.69. The van der Waals surface area contributed by atoms with Crippen LogP contribution in [-0.4, -0.2) is 13.1 Å². The third kappa shape index (κ3) is 2.96. The number of hydrogen-bond acceptors (Lipinski definition) is 4. The third-order valence-electron chi connectivity index (χ3n) is 3.05. The van der Waals surface area contributed by atoms with Crippen LogP contribution in [0.5, 0.6) is 0 Å². The van der Waals surface area contributed by atoms with Crippen molar-refractivity contribution in [3.05, 3.63) is 51.7 Å². The Bertz CT molecular complexity index is 577. The van der Waals surface area contributed by atoms with Gasteiger partial charge in [0.05, 0.1) is 7.11 Å². The van der Waals surface area contributed by atoms with Crippen LogP contribution in [0.3, 0.4) is 0 Å². The SMILES string of the molecule is COC(=O)C(Nc1ccccc1C)c1sccc1C. The fourth-order valence-electron chi connectivity index (χ4n) is 1.92. The van der Waals surface area contributed by atoms with Crippen LogP contribution in [0.2, 0.25) is 0 Å². The van der Waals surface area contributed by atoms with Gasteiger partial charge in [-0.15, -0.1) is 11.3 Å². The number of ether oxygens (including phenoxy) is 1. The number of aryl methyl sites for hydroxylation is 2. The largest absolute Gasteiger partial charge is 0.467 e. The van der Waals surface area contributed by atoms with E-state index in [1.54, 1.807) is 11.3 Å². The summed E-state index contributed by atoms with van der Waals surface area (Å²) in [6.45, 7) is 4.01.